The molecule has 1 heterocycles. The zero-order valence-corrected chi connectivity index (χ0v) is 9.32. The second-order valence-electron chi connectivity index (χ2n) is 4.42. The van der Waals surface area contributed by atoms with E-state index in [2.05, 4.69) is 0 Å². The Balaban J connectivity index is 2.47. The molecule has 0 radical (unpaired) electrons. The van der Waals surface area contributed by atoms with Gasteiger partial charge in [-0.25, -0.2) is 0 Å². The van der Waals surface area contributed by atoms with Crippen LogP contribution in [0.15, 0.2) is 22.8 Å². The lowest BCUT2D eigenvalue weighted by Gasteiger charge is -2.21. The van der Waals surface area contributed by atoms with Gasteiger partial charge in [0.1, 0.15) is 17.4 Å². The lowest BCUT2D eigenvalue weighted by Crippen LogP contribution is -2.38. The van der Waals surface area contributed by atoms with Gasteiger partial charge in [-0.3, -0.25) is 4.79 Å². The van der Waals surface area contributed by atoms with Gasteiger partial charge < -0.3 is 14.9 Å². The van der Waals surface area contributed by atoms with Gasteiger partial charge in [0.15, 0.2) is 0 Å². The molecule has 0 aliphatic heterocycles. The van der Waals surface area contributed by atoms with Crippen LogP contribution in [-0.4, -0.2) is 17.6 Å². The van der Waals surface area contributed by atoms with Crippen molar-refractivity contribution in [3.63, 3.8) is 0 Å². The summed E-state index contributed by atoms with van der Waals surface area (Å²) in [5, 5.41) is 0. The van der Waals surface area contributed by atoms with Crippen LogP contribution < -0.4 is 5.73 Å². The number of carbonyl (C=O) groups excluding carboxylic acids is 1. The lowest BCUT2D eigenvalue weighted by atomic mass is 10.1. The Labute approximate surface area is 89.4 Å². The monoisotopic (exact) mass is 211 g/mol. The van der Waals surface area contributed by atoms with E-state index in [0.29, 0.717) is 12.2 Å². The SMILES string of the molecule is CC(C)(C)OC(=O)[C@@H](N)Cc1ccco1. The van der Waals surface area contributed by atoms with Gasteiger partial charge >= 0.3 is 5.97 Å². The first-order chi connectivity index (χ1) is 6.88. The normalized spacial score (nSPS) is 13.6. The van der Waals surface area contributed by atoms with E-state index < -0.39 is 17.6 Å². The van der Waals surface area contributed by atoms with Gasteiger partial charge in [0.05, 0.1) is 6.26 Å². The van der Waals surface area contributed by atoms with Crippen molar-refractivity contribution < 1.29 is 13.9 Å². The van der Waals surface area contributed by atoms with Crippen LogP contribution in [0.5, 0.6) is 0 Å². The van der Waals surface area contributed by atoms with Crippen LogP contribution in [-0.2, 0) is 16.0 Å². The van der Waals surface area contributed by atoms with Gasteiger partial charge in [-0.2, -0.15) is 0 Å². The molecule has 0 aliphatic carbocycles. The van der Waals surface area contributed by atoms with E-state index in [9.17, 15) is 4.79 Å². The van der Waals surface area contributed by atoms with Crippen molar-refractivity contribution in [1.29, 1.82) is 0 Å². The summed E-state index contributed by atoms with van der Waals surface area (Å²) in [7, 11) is 0. The minimum absolute atomic E-state index is 0.363. The highest BCUT2D eigenvalue weighted by molar-refractivity contribution is 5.76. The third-order valence-electron chi connectivity index (χ3n) is 1.71. The van der Waals surface area contributed by atoms with Crippen LogP contribution in [0, 0.1) is 0 Å². The summed E-state index contributed by atoms with van der Waals surface area (Å²) < 4.78 is 10.2. The fourth-order valence-corrected chi connectivity index (χ4v) is 1.11. The number of carbonyl (C=O) groups is 1. The molecule has 4 nitrogen and oxygen atoms in total. The number of rotatable bonds is 3. The van der Waals surface area contributed by atoms with Crippen LogP contribution in [0.1, 0.15) is 26.5 Å². The second kappa shape index (κ2) is 4.49. The van der Waals surface area contributed by atoms with Gasteiger partial charge in [0.2, 0.25) is 0 Å². The van der Waals surface area contributed by atoms with Crippen LogP contribution in [0.2, 0.25) is 0 Å². The molecule has 84 valence electrons. The molecule has 0 spiro atoms. The third kappa shape index (κ3) is 4.16. The molecule has 0 saturated carbocycles. The molecule has 1 aromatic heterocycles. The summed E-state index contributed by atoms with van der Waals surface area (Å²) in [5.41, 5.74) is 5.18. The minimum Gasteiger partial charge on any atom is -0.469 e. The summed E-state index contributed by atoms with van der Waals surface area (Å²) in [6.07, 6.45) is 1.92. The van der Waals surface area contributed by atoms with Crippen molar-refractivity contribution in [3.8, 4) is 0 Å². The van der Waals surface area contributed by atoms with Crippen LogP contribution >= 0.6 is 0 Å². The number of ether oxygens (including phenoxy) is 1. The van der Waals surface area contributed by atoms with Crippen molar-refractivity contribution in [2.45, 2.75) is 38.8 Å². The maximum atomic E-state index is 11.5. The molecule has 1 aromatic rings. The smallest absolute Gasteiger partial charge is 0.323 e. The topological polar surface area (TPSA) is 65.5 Å². The van der Waals surface area contributed by atoms with Gasteiger partial charge in [-0.1, -0.05) is 0 Å². The van der Waals surface area contributed by atoms with Gasteiger partial charge in [0.25, 0.3) is 0 Å². The van der Waals surface area contributed by atoms with E-state index in [4.69, 9.17) is 14.9 Å². The predicted molar refractivity (Wildman–Crippen MR) is 56.2 cm³/mol. The van der Waals surface area contributed by atoms with E-state index in [1.807, 2.05) is 20.8 Å². The van der Waals surface area contributed by atoms with Crippen LogP contribution in [0.3, 0.4) is 0 Å². The number of furan rings is 1. The molecule has 1 rings (SSSR count). The van der Waals surface area contributed by atoms with E-state index in [0.717, 1.165) is 0 Å². The van der Waals surface area contributed by atoms with E-state index in [1.165, 1.54) is 0 Å². The van der Waals surface area contributed by atoms with Gasteiger partial charge in [-0.15, -0.1) is 0 Å². The first-order valence-electron chi connectivity index (χ1n) is 4.89. The Morgan fingerprint density at radius 1 is 1.60 bits per heavy atom. The average Bonchev–Trinajstić information content (AvgIpc) is 2.53. The van der Waals surface area contributed by atoms with Crippen LogP contribution in [0.25, 0.3) is 0 Å². The van der Waals surface area contributed by atoms with E-state index in [-0.39, 0.29) is 0 Å². The fourth-order valence-electron chi connectivity index (χ4n) is 1.11. The largest absolute Gasteiger partial charge is 0.469 e. The molecule has 0 saturated heterocycles. The second-order valence-corrected chi connectivity index (χ2v) is 4.42. The Kier molecular flexibility index (Phi) is 3.52. The Morgan fingerprint density at radius 2 is 2.27 bits per heavy atom. The summed E-state index contributed by atoms with van der Waals surface area (Å²) >= 11 is 0. The number of hydrogen-bond donors (Lipinski definition) is 1. The molecular weight excluding hydrogens is 194 g/mol. The standard InChI is InChI=1S/C11H17NO3/c1-11(2,3)15-10(13)9(12)7-8-5-4-6-14-8/h4-6,9H,7,12H2,1-3H3/t9-/m0/s1. The highest BCUT2D eigenvalue weighted by Crippen LogP contribution is 2.10. The molecular formula is C11H17NO3. The number of hydrogen-bond acceptors (Lipinski definition) is 4. The molecule has 0 aromatic carbocycles. The fraction of sp³-hybridized carbons (Fsp3) is 0.545. The van der Waals surface area contributed by atoms with Crippen molar-refractivity contribution in [2.24, 2.45) is 5.73 Å². The molecule has 2 N–H and O–H groups in total. The lowest BCUT2D eigenvalue weighted by molar-refractivity contribution is -0.156. The zero-order chi connectivity index (χ0) is 11.5. The first kappa shape index (κ1) is 11.8. The Morgan fingerprint density at radius 3 is 2.73 bits per heavy atom. The maximum Gasteiger partial charge on any atom is 0.323 e. The first-order valence-corrected chi connectivity index (χ1v) is 4.89. The summed E-state index contributed by atoms with van der Waals surface area (Å²) in [5.74, 6) is 0.284. The third-order valence-corrected chi connectivity index (χ3v) is 1.71. The molecule has 0 amide bonds. The molecule has 1 atom stereocenters. The van der Waals surface area contributed by atoms with E-state index in [1.54, 1.807) is 18.4 Å². The van der Waals surface area contributed by atoms with Gasteiger partial charge in [-0.05, 0) is 32.9 Å². The quantitative estimate of drug-likeness (QED) is 0.769. The molecule has 4 heteroatoms. The molecule has 15 heavy (non-hydrogen) atoms. The van der Waals surface area contributed by atoms with Crippen molar-refractivity contribution in [1.82, 2.24) is 0 Å². The number of esters is 1. The minimum atomic E-state index is -0.671. The van der Waals surface area contributed by atoms with Gasteiger partial charge in [0, 0.05) is 6.42 Å². The molecule has 0 aliphatic rings. The molecule has 0 bridgehead atoms. The predicted octanol–water partition coefficient (Wildman–Crippen LogP) is 1.49. The zero-order valence-electron chi connectivity index (χ0n) is 9.32. The summed E-state index contributed by atoms with van der Waals surface area (Å²) in [6.45, 7) is 5.43. The van der Waals surface area contributed by atoms with Crippen molar-refractivity contribution in [2.75, 3.05) is 0 Å². The summed E-state index contributed by atoms with van der Waals surface area (Å²) in [4.78, 5) is 11.5. The highest BCUT2D eigenvalue weighted by atomic mass is 16.6. The van der Waals surface area contributed by atoms with Crippen molar-refractivity contribution in [3.05, 3.63) is 24.2 Å². The highest BCUT2D eigenvalue weighted by Gasteiger charge is 2.22. The Hall–Kier alpha value is -1.29. The summed E-state index contributed by atoms with van der Waals surface area (Å²) in [6, 6.07) is 2.87. The van der Waals surface area contributed by atoms with Crippen molar-refractivity contribution >= 4 is 5.97 Å². The van der Waals surface area contributed by atoms with Crippen LogP contribution in [0.4, 0.5) is 0 Å². The molecule has 0 unspecified atom stereocenters. The van der Waals surface area contributed by atoms with E-state index >= 15 is 0 Å². The maximum absolute atomic E-state index is 11.5. The Bertz CT molecular complexity index is 311. The average molecular weight is 211 g/mol. The molecule has 0 fully saturated rings. The number of nitrogens with two attached hydrogens (primary N) is 1.